The molecule has 4 heteroatoms. The van der Waals surface area contributed by atoms with E-state index >= 15 is 0 Å². The van der Waals surface area contributed by atoms with E-state index in [1.54, 1.807) is 4.90 Å². The molecule has 0 aromatic rings. The van der Waals surface area contributed by atoms with Crippen molar-refractivity contribution in [1.82, 2.24) is 10.2 Å². The van der Waals surface area contributed by atoms with Gasteiger partial charge in [0.2, 0.25) is 11.8 Å². The van der Waals surface area contributed by atoms with Crippen LogP contribution in [-0.2, 0) is 9.59 Å². The number of carbonyl (C=O) groups is 2. The van der Waals surface area contributed by atoms with Crippen LogP contribution >= 0.6 is 0 Å². The molecule has 1 aliphatic carbocycles. The monoisotopic (exact) mass is 224 g/mol. The Morgan fingerprint density at radius 2 is 2.00 bits per heavy atom. The fourth-order valence-electron chi connectivity index (χ4n) is 2.51. The van der Waals surface area contributed by atoms with Gasteiger partial charge in [0.05, 0.1) is 0 Å². The summed E-state index contributed by atoms with van der Waals surface area (Å²) in [5, 5.41) is 2.87. The van der Waals surface area contributed by atoms with Crippen LogP contribution in [0.1, 0.15) is 39.5 Å². The Hall–Kier alpha value is -1.06. The number of rotatable bonds is 4. The molecular formula is C12H20N2O2. The van der Waals surface area contributed by atoms with E-state index in [9.17, 15) is 9.59 Å². The zero-order valence-corrected chi connectivity index (χ0v) is 10.0. The second-order valence-corrected chi connectivity index (χ2v) is 4.76. The maximum atomic E-state index is 12.1. The van der Waals surface area contributed by atoms with Crippen LogP contribution in [0.2, 0.25) is 0 Å². The fraction of sp³-hybridized carbons (Fsp3) is 0.833. The first kappa shape index (κ1) is 11.4. The molecule has 2 rings (SSSR count). The Labute approximate surface area is 96.4 Å². The molecule has 0 spiro atoms. The molecule has 1 aliphatic heterocycles. The Bertz CT molecular complexity index is 299. The third kappa shape index (κ3) is 1.93. The van der Waals surface area contributed by atoms with Crippen molar-refractivity contribution >= 4 is 11.8 Å². The first-order valence-corrected chi connectivity index (χ1v) is 6.29. The minimum Gasteiger partial charge on any atom is -0.342 e. The van der Waals surface area contributed by atoms with Crippen molar-refractivity contribution in [3.63, 3.8) is 0 Å². The van der Waals surface area contributed by atoms with E-state index < -0.39 is 0 Å². The Morgan fingerprint density at radius 3 is 2.50 bits per heavy atom. The number of nitrogens with one attached hydrogen (secondary N) is 1. The Kier molecular flexibility index (Phi) is 3.17. The highest BCUT2D eigenvalue weighted by atomic mass is 16.2. The van der Waals surface area contributed by atoms with Crippen LogP contribution in [-0.4, -0.2) is 35.3 Å². The van der Waals surface area contributed by atoms with Crippen molar-refractivity contribution in [3.05, 3.63) is 0 Å². The molecule has 2 aliphatic rings. The summed E-state index contributed by atoms with van der Waals surface area (Å²) in [6.45, 7) is 4.63. The van der Waals surface area contributed by atoms with Gasteiger partial charge in [0.25, 0.3) is 0 Å². The molecular weight excluding hydrogens is 204 g/mol. The van der Waals surface area contributed by atoms with Crippen molar-refractivity contribution in [3.8, 4) is 0 Å². The van der Waals surface area contributed by atoms with Gasteiger partial charge in [-0.3, -0.25) is 9.59 Å². The van der Waals surface area contributed by atoms with Gasteiger partial charge in [-0.15, -0.1) is 0 Å². The minimum absolute atomic E-state index is 0.0578. The molecule has 2 atom stereocenters. The van der Waals surface area contributed by atoms with E-state index in [4.69, 9.17) is 0 Å². The molecule has 2 fully saturated rings. The van der Waals surface area contributed by atoms with Gasteiger partial charge in [-0.1, -0.05) is 13.3 Å². The van der Waals surface area contributed by atoms with Gasteiger partial charge >= 0.3 is 0 Å². The molecule has 1 saturated carbocycles. The lowest BCUT2D eigenvalue weighted by molar-refractivity contribution is -0.150. The first-order chi connectivity index (χ1) is 7.69. The third-order valence-corrected chi connectivity index (χ3v) is 3.49. The Balaban J connectivity index is 2.13. The summed E-state index contributed by atoms with van der Waals surface area (Å²) in [6.07, 6.45) is 3.83. The molecule has 2 unspecified atom stereocenters. The van der Waals surface area contributed by atoms with E-state index in [1.807, 2.05) is 13.8 Å². The molecule has 90 valence electrons. The number of nitrogens with zero attached hydrogens (tertiary/aromatic N) is 1. The van der Waals surface area contributed by atoms with Crippen LogP contribution in [0.4, 0.5) is 0 Å². The Morgan fingerprint density at radius 1 is 1.31 bits per heavy atom. The van der Waals surface area contributed by atoms with E-state index in [2.05, 4.69) is 5.32 Å². The smallest absolute Gasteiger partial charge is 0.245 e. The van der Waals surface area contributed by atoms with Crippen LogP contribution < -0.4 is 5.32 Å². The molecule has 4 nitrogen and oxygen atoms in total. The van der Waals surface area contributed by atoms with E-state index in [0.717, 1.165) is 25.7 Å². The van der Waals surface area contributed by atoms with Crippen LogP contribution in [0.15, 0.2) is 0 Å². The van der Waals surface area contributed by atoms with Gasteiger partial charge in [-0.2, -0.15) is 0 Å². The van der Waals surface area contributed by atoms with E-state index in [0.29, 0.717) is 12.5 Å². The van der Waals surface area contributed by atoms with Gasteiger partial charge in [-0.25, -0.2) is 0 Å². The molecule has 1 saturated heterocycles. The summed E-state index contributed by atoms with van der Waals surface area (Å²) in [7, 11) is 0. The van der Waals surface area contributed by atoms with Gasteiger partial charge in [0.1, 0.15) is 12.1 Å². The SMILES string of the molecule is CCCC1NC(=O)C(C2CC2)N(CC)C1=O. The number of hydrogen-bond donors (Lipinski definition) is 1. The van der Waals surface area contributed by atoms with Crippen molar-refractivity contribution in [1.29, 1.82) is 0 Å². The summed E-state index contributed by atoms with van der Waals surface area (Å²) in [5.74, 6) is 0.578. The number of likely N-dealkylation sites (N-methyl/N-ethyl adjacent to an activating group) is 1. The van der Waals surface area contributed by atoms with E-state index in [-0.39, 0.29) is 23.9 Å². The molecule has 1 N–H and O–H groups in total. The lowest BCUT2D eigenvalue weighted by Gasteiger charge is -2.38. The highest BCUT2D eigenvalue weighted by Crippen LogP contribution is 2.37. The summed E-state index contributed by atoms with van der Waals surface area (Å²) in [5.41, 5.74) is 0. The van der Waals surface area contributed by atoms with E-state index in [1.165, 1.54) is 0 Å². The molecule has 0 aromatic heterocycles. The summed E-state index contributed by atoms with van der Waals surface area (Å²) >= 11 is 0. The molecule has 2 amide bonds. The maximum absolute atomic E-state index is 12.1. The van der Waals surface area contributed by atoms with Gasteiger partial charge in [0, 0.05) is 6.54 Å². The second-order valence-electron chi connectivity index (χ2n) is 4.76. The summed E-state index contributed by atoms with van der Waals surface area (Å²) in [6, 6.07) is -0.474. The van der Waals surface area contributed by atoms with Crippen molar-refractivity contribution in [2.24, 2.45) is 5.92 Å². The normalized spacial score (nSPS) is 30.5. The quantitative estimate of drug-likeness (QED) is 0.771. The van der Waals surface area contributed by atoms with Gasteiger partial charge in [-0.05, 0) is 32.1 Å². The highest BCUT2D eigenvalue weighted by molar-refractivity contribution is 5.97. The average Bonchev–Trinajstić information content (AvgIpc) is 3.06. The first-order valence-electron chi connectivity index (χ1n) is 6.29. The van der Waals surface area contributed by atoms with Crippen molar-refractivity contribution < 1.29 is 9.59 Å². The zero-order valence-electron chi connectivity index (χ0n) is 10.0. The molecule has 0 aromatic carbocycles. The second kappa shape index (κ2) is 4.44. The zero-order chi connectivity index (χ0) is 11.7. The molecule has 0 radical (unpaired) electrons. The van der Waals surface area contributed by atoms with Crippen LogP contribution in [0, 0.1) is 5.92 Å². The third-order valence-electron chi connectivity index (χ3n) is 3.49. The molecule has 16 heavy (non-hydrogen) atoms. The predicted molar refractivity (Wildman–Crippen MR) is 60.7 cm³/mol. The maximum Gasteiger partial charge on any atom is 0.245 e. The average molecular weight is 224 g/mol. The van der Waals surface area contributed by atoms with Gasteiger partial charge < -0.3 is 10.2 Å². The number of hydrogen-bond acceptors (Lipinski definition) is 2. The number of amides is 2. The fourth-order valence-corrected chi connectivity index (χ4v) is 2.51. The van der Waals surface area contributed by atoms with Crippen molar-refractivity contribution in [2.45, 2.75) is 51.6 Å². The number of piperazine rings is 1. The molecule has 0 bridgehead atoms. The van der Waals surface area contributed by atoms with Crippen molar-refractivity contribution in [2.75, 3.05) is 6.54 Å². The molecule has 1 heterocycles. The van der Waals surface area contributed by atoms with Crippen LogP contribution in [0.5, 0.6) is 0 Å². The highest BCUT2D eigenvalue weighted by Gasteiger charge is 2.46. The number of carbonyl (C=O) groups excluding carboxylic acids is 2. The van der Waals surface area contributed by atoms with Crippen LogP contribution in [0.3, 0.4) is 0 Å². The lowest BCUT2D eigenvalue weighted by Crippen LogP contribution is -2.63. The topological polar surface area (TPSA) is 49.4 Å². The predicted octanol–water partition coefficient (Wildman–Crippen LogP) is 0.912. The standard InChI is InChI=1S/C12H20N2O2/c1-3-5-9-12(16)14(4-2)10(8-6-7-8)11(15)13-9/h8-10H,3-7H2,1-2H3,(H,13,15). The summed E-state index contributed by atoms with van der Waals surface area (Å²) < 4.78 is 0. The lowest BCUT2D eigenvalue weighted by atomic mass is 10.0. The minimum atomic E-state index is -0.285. The largest absolute Gasteiger partial charge is 0.342 e. The summed E-state index contributed by atoms with van der Waals surface area (Å²) in [4.78, 5) is 25.9. The van der Waals surface area contributed by atoms with Gasteiger partial charge in [0.15, 0.2) is 0 Å². The van der Waals surface area contributed by atoms with Crippen LogP contribution in [0.25, 0.3) is 0 Å².